The summed E-state index contributed by atoms with van der Waals surface area (Å²) in [6.07, 6.45) is -9.78. The third-order valence-corrected chi connectivity index (χ3v) is 2.49. The van der Waals surface area contributed by atoms with Crippen molar-refractivity contribution >= 4 is 23.0 Å². The lowest BCUT2D eigenvalue weighted by atomic mass is 10.1. The van der Waals surface area contributed by atoms with Gasteiger partial charge in [-0.05, 0) is 37.3 Å². The van der Waals surface area contributed by atoms with Gasteiger partial charge in [-0.1, -0.05) is 0 Å². The average Bonchev–Trinajstić information content (AvgIpc) is 2.34. The zero-order valence-electron chi connectivity index (χ0n) is 10.6. The number of anilines is 1. The Labute approximate surface area is 121 Å². The lowest BCUT2D eigenvalue weighted by Gasteiger charge is -2.16. The summed E-state index contributed by atoms with van der Waals surface area (Å²) < 4.78 is 75.6. The third kappa shape index (κ3) is 5.29. The number of benzene rings is 1. The molecule has 3 N–H and O–H groups in total. The van der Waals surface area contributed by atoms with Crippen LogP contribution in [-0.4, -0.2) is 11.7 Å². The summed E-state index contributed by atoms with van der Waals surface area (Å²) in [4.78, 5) is 0. The van der Waals surface area contributed by atoms with Gasteiger partial charge in [0.2, 0.25) is 0 Å². The largest absolute Gasteiger partial charge is 0.416 e. The van der Waals surface area contributed by atoms with E-state index in [0.29, 0.717) is 18.7 Å². The van der Waals surface area contributed by atoms with Crippen molar-refractivity contribution in [3.63, 3.8) is 0 Å². The van der Waals surface area contributed by atoms with Crippen molar-refractivity contribution in [1.29, 1.82) is 0 Å². The molecular formula is C11H11F6N3S. The first-order valence-corrected chi connectivity index (χ1v) is 6.04. The van der Waals surface area contributed by atoms with E-state index in [9.17, 15) is 26.3 Å². The van der Waals surface area contributed by atoms with Gasteiger partial charge in [-0.2, -0.15) is 26.3 Å². The Morgan fingerprint density at radius 2 is 1.48 bits per heavy atom. The Morgan fingerprint density at radius 1 is 1.00 bits per heavy atom. The van der Waals surface area contributed by atoms with Gasteiger partial charge in [-0.15, -0.1) is 0 Å². The quantitative estimate of drug-likeness (QED) is 0.450. The van der Waals surface area contributed by atoms with Gasteiger partial charge in [0.05, 0.1) is 16.8 Å². The van der Waals surface area contributed by atoms with Gasteiger partial charge < -0.3 is 5.32 Å². The maximum atomic E-state index is 12.6. The lowest BCUT2D eigenvalue weighted by molar-refractivity contribution is -0.143. The molecule has 0 aromatic heterocycles. The molecule has 0 aliphatic rings. The van der Waals surface area contributed by atoms with E-state index < -0.39 is 29.2 Å². The number of hydrazine groups is 1. The van der Waals surface area contributed by atoms with E-state index in [1.165, 1.54) is 0 Å². The van der Waals surface area contributed by atoms with Crippen molar-refractivity contribution in [3.8, 4) is 0 Å². The molecule has 0 saturated carbocycles. The van der Waals surface area contributed by atoms with Crippen LogP contribution >= 0.6 is 12.2 Å². The lowest BCUT2D eigenvalue weighted by Crippen LogP contribution is -2.38. The minimum absolute atomic E-state index is 0.0449. The number of hydrogen-bond acceptors (Lipinski definition) is 2. The topological polar surface area (TPSA) is 36.1 Å². The minimum atomic E-state index is -4.89. The molecule has 118 valence electrons. The van der Waals surface area contributed by atoms with Gasteiger partial charge in [0, 0.05) is 6.54 Å². The predicted molar refractivity (Wildman–Crippen MR) is 69.5 cm³/mol. The monoisotopic (exact) mass is 331 g/mol. The molecule has 1 aromatic carbocycles. The molecule has 0 radical (unpaired) electrons. The van der Waals surface area contributed by atoms with Crippen LogP contribution in [-0.2, 0) is 12.4 Å². The number of rotatable bonds is 3. The number of alkyl halides is 6. The number of nitrogens with one attached hydrogen (secondary N) is 3. The van der Waals surface area contributed by atoms with E-state index >= 15 is 0 Å². The minimum Gasteiger partial charge on any atom is -0.362 e. The van der Waals surface area contributed by atoms with Crippen LogP contribution in [0.5, 0.6) is 0 Å². The predicted octanol–water partition coefficient (Wildman–Crippen LogP) is 3.54. The molecule has 0 amide bonds. The highest BCUT2D eigenvalue weighted by atomic mass is 32.1. The molecule has 10 heteroatoms. The van der Waals surface area contributed by atoms with E-state index in [-0.39, 0.29) is 11.2 Å². The summed E-state index contributed by atoms with van der Waals surface area (Å²) >= 11 is 4.74. The molecule has 1 rings (SSSR count). The summed E-state index contributed by atoms with van der Waals surface area (Å²) in [6, 6.07) is 1.15. The van der Waals surface area contributed by atoms with Gasteiger partial charge in [0.15, 0.2) is 5.11 Å². The molecule has 0 bridgehead atoms. The highest BCUT2D eigenvalue weighted by Crippen LogP contribution is 2.37. The standard InChI is InChI=1S/C11H11F6N3S/c1-2-18-9(21)20-19-8-4-6(10(12,13)14)3-7(5-8)11(15,16)17/h3-5,19H,2H2,1H3,(H2,18,20,21). The molecule has 0 unspecified atom stereocenters. The Balaban J connectivity index is 3.06. The maximum absolute atomic E-state index is 12.6. The summed E-state index contributed by atoms with van der Waals surface area (Å²) in [5.41, 5.74) is 1.28. The molecular weight excluding hydrogens is 320 g/mol. The second kappa shape index (κ2) is 6.37. The van der Waals surface area contributed by atoms with Crippen molar-refractivity contribution in [3.05, 3.63) is 29.3 Å². The molecule has 0 spiro atoms. The summed E-state index contributed by atoms with van der Waals surface area (Å²) in [6.45, 7) is 2.17. The van der Waals surface area contributed by atoms with Crippen LogP contribution in [0.2, 0.25) is 0 Å². The van der Waals surface area contributed by atoms with Crippen LogP contribution in [0.3, 0.4) is 0 Å². The van der Waals surface area contributed by atoms with Crippen LogP contribution in [0.4, 0.5) is 32.0 Å². The van der Waals surface area contributed by atoms with E-state index in [1.54, 1.807) is 6.92 Å². The SMILES string of the molecule is CCNC(=S)NNc1cc(C(F)(F)F)cc(C(F)(F)F)c1. The number of hydrogen-bond donors (Lipinski definition) is 3. The third-order valence-electron chi connectivity index (χ3n) is 2.25. The highest BCUT2D eigenvalue weighted by molar-refractivity contribution is 7.80. The Morgan fingerprint density at radius 3 is 1.86 bits per heavy atom. The van der Waals surface area contributed by atoms with Gasteiger partial charge in [0.1, 0.15) is 0 Å². The van der Waals surface area contributed by atoms with E-state index in [2.05, 4.69) is 16.2 Å². The second-order valence-corrected chi connectivity index (χ2v) is 4.31. The first-order valence-electron chi connectivity index (χ1n) is 5.63. The Kier molecular flexibility index (Phi) is 5.26. The molecule has 1 aromatic rings. The van der Waals surface area contributed by atoms with Crippen LogP contribution in [0.15, 0.2) is 18.2 Å². The molecule has 0 fully saturated rings. The van der Waals surface area contributed by atoms with Crippen molar-refractivity contribution in [2.75, 3.05) is 12.0 Å². The normalized spacial score (nSPS) is 12.0. The molecule has 0 heterocycles. The fourth-order valence-corrected chi connectivity index (χ4v) is 1.56. The zero-order chi connectivity index (χ0) is 16.3. The molecule has 0 atom stereocenters. The van der Waals surface area contributed by atoms with Gasteiger partial charge in [-0.3, -0.25) is 10.9 Å². The van der Waals surface area contributed by atoms with Gasteiger partial charge in [0.25, 0.3) is 0 Å². The summed E-state index contributed by atoms with van der Waals surface area (Å²) in [5.74, 6) is 0. The van der Waals surface area contributed by atoms with Gasteiger partial charge >= 0.3 is 12.4 Å². The maximum Gasteiger partial charge on any atom is 0.416 e. The second-order valence-electron chi connectivity index (χ2n) is 3.90. The van der Waals surface area contributed by atoms with Crippen molar-refractivity contribution < 1.29 is 26.3 Å². The average molecular weight is 331 g/mol. The first-order chi connectivity index (χ1) is 9.54. The zero-order valence-corrected chi connectivity index (χ0v) is 11.4. The van der Waals surface area contributed by atoms with Crippen LogP contribution in [0, 0.1) is 0 Å². The number of thiocarbonyl (C=S) groups is 1. The smallest absolute Gasteiger partial charge is 0.362 e. The van der Waals surface area contributed by atoms with Crippen LogP contribution in [0.25, 0.3) is 0 Å². The molecule has 3 nitrogen and oxygen atoms in total. The van der Waals surface area contributed by atoms with E-state index in [4.69, 9.17) is 12.2 Å². The molecule has 0 saturated heterocycles. The molecule has 0 aliphatic carbocycles. The van der Waals surface area contributed by atoms with Crippen LogP contribution in [0.1, 0.15) is 18.1 Å². The highest BCUT2D eigenvalue weighted by Gasteiger charge is 2.36. The molecule has 21 heavy (non-hydrogen) atoms. The van der Waals surface area contributed by atoms with E-state index in [0.717, 1.165) is 0 Å². The van der Waals surface area contributed by atoms with Crippen molar-refractivity contribution in [1.82, 2.24) is 10.7 Å². The van der Waals surface area contributed by atoms with Gasteiger partial charge in [-0.25, -0.2) is 0 Å². The van der Waals surface area contributed by atoms with Crippen molar-refractivity contribution in [2.24, 2.45) is 0 Å². The summed E-state index contributed by atoms with van der Waals surface area (Å²) in [7, 11) is 0. The summed E-state index contributed by atoms with van der Waals surface area (Å²) in [5, 5.41) is 2.66. The Hall–Kier alpha value is -1.71. The van der Waals surface area contributed by atoms with Crippen LogP contribution < -0.4 is 16.2 Å². The number of halogens is 6. The van der Waals surface area contributed by atoms with E-state index in [1.807, 2.05) is 0 Å². The fraction of sp³-hybridized carbons (Fsp3) is 0.364. The first kappa shape index (κ1) is 17.3. The Bertz CT molecular complexity index is 479. The molecule has 0 aliphatic heterocycles. The van der Waals surface area contributed by atoms with Crippen molar-refractivity contribution in [2.45, 2.75) is 19.3 Å². The fourth-order valence-electron chi connectivity index (χ4n) is 1.36.